The second-order valence-electron chi connectivity index (χ2n) is 5.51. The van der Waals surface area contributed by atoms with E-state index in [2.05, 4.69) is 17.3 Å². The molecule has 2 N–H and O–H groups in total. The van der Waals surface area contributed by atoms with Gasteiger partial charge in [-0.05, 0) is 72.3 Å². The van der Waals surface area contributed by atoms with E-state index in [1.54, 1.807) is 0 Å². The topological polar surface area (TPSA) is 35.5 Å². The molecular formula is C12H26N2O. The summed E-state index contributed by atoms with van der Waals surface area (Å²) in [4.78, 5) is 2.40. The maximum Gasteiger partial charge on any atom is 0.0603 e. The summed E-state index contributed by atoms with van der Waals surface area (Å²) in [5.74, 6) is 0.836. The Hall–Kier alpha value is -0.120. The fraction of sp³-hybridized carbons (Fsp3) is 1.00. The Morgan fingerprint density at radius 1 is 1.33 bits per heavy atom. The van der Waals surface area contributed by atoms with Crippen LogP contribution in [0, 0.1) is 5.92 Å². The van der Waals surface area contributed by atoms with Crippen molar-refractivity contribution in [3.63, 3.8) is 0 Å². The molecule has 0 bridgehead atoms. The van der Waals surface area contributed by atoms with Crippen LogP contribution in [0.15, 0.2) is 0 Å². The fourth-order valence-electron chi connectivity index (χ4n) is 1.97. The summed E-state index contributed by atoms with van der Waals surface area (Å²) in [6, 6.07) is 0. The average Bonchev–Trinajstić information content (AvgIpc) is 2.14. The lowest BCUT2D eigenvalue weighted by molar-refractivity contribution is 0.0706. The predicted octanol–water partition coefficient (Wildman–Crippen LogP) is 1.08. The third kappa shape index (κ3) is 6.13. The quantitative estimate of drug-likeness (QED) is 0.672. The predicted molar refractivity (Wildman–Crippen MR) is 64.0 cm³/mol. The lowest BCUT2D eigenvalue weighted by Crippen LogP contribution is -2.36. The van der Waals surface area contributed by atoms with E-state index < -0.39 is 5.60 Å². The molecule has 0 aromatic rings. The number of piperidine rings is 1. The van der Waals surface area contributed by atoms with E-state index in [4.69, 9.17) is 0 Å². The molecule has 1 rings (SSSR count). The van der Waals surface area contributed by atoms with Gasteiger partial charge in [0.15, 0.2) is 0 Å². The Kier molecular flexibility index (Phi) is 5.03. The summed E-state index contributed by atoms with van der Waals surface area (Å²) in [5, 5.41) is 13.0. The molecule has 0 aliphatic carbocycles. The van der Waals surface area contributed by atoms with E-state index in [1.165, 1.54) is 25.9 Å². The van der Waals surface area contributed by atoms with E-state index >= 15 is 0 Å². The van der Waals surface area contributed by atoms with E-state index in [1.807, 2.05) is 13.8 Å². The van der Waals surface area contributed by atoms with Crippen LogP contribution in [0.1, 0.15) is 33.1 Å². The van der Waals surface area contributed by atoms with Crippen molar-refractivity contribution in [3.8, 4) is 0 Å². The number of nitrogens with zero attached hydrogens (tertiary/aromatic N) is 1. The van der Waals surface area contributed by atoms with Crippen LogP contribution >= 0.6 is 0 Å². The smallest absolute Gasteiger partial charge is 0.0603 e. The van der Waals surface area contributed by atoms with Gasteiger partial charge in [-0.25, -0.2) is 0 Å². The molecule has 0 aromatic heterocycles. The van der Waals surface area contributed by atoms with Crippen molar-refractivity contribution in [1.82, 2.24) is 10.2 Å². The Bertz CT molecular complexity index is 169. The molecule has 1 fully saturated rings. The van der Waals surface area contributed by atoms with Crippen LogP contribution in [0.25, 0.3) is 0 Å². The molecule has 1 heterocycles. The van der Waals surface area contributed by atoms with Crippen LogP contribution in [-0.2, 0) is 0 Å². The van der Waals surface area contributed by atoms with Gasteiger partial charge in [0.25, 0.3) is 0 Å². The molecule has 0 saturated carbocycles. The van der Waals surface area contributed by atoms with Crippen molar-refractivity contribution >= 4 is 0 Å². The van der Waals surface area contributed by atoms with Gasteiger partial charge in [0.2, 0.25) is 0 Å². The molecule has 90 valence electrons. The highest BCUT2D eigenvalue weighted by atomic mass is 16.3. The molecule has 15 heavy (non-hydrogen) atoms. The Morgan fingerprint density at radius 2 is 1.93 bits per heavy atom. The minimum Gasteiger partial charge on any atom is -0.390 e. The second kappa shape index (κ2) is 5.83. The minimum atomic E-state index is -0.528. The zero-order valence-electron chi connectivity index (χ0n) is 10.4. The van der Waals surface area contributed by atoms with Gasteiger partial charge in [0, 0.05) is 0 Å². The average molecular weight is 214 g/mol. The first-order valence-corrected chi connectivity index (χ1v) is 6.09. The van der Waals surface area contributed by atoms with Crippen molar-refractivity contribution in [2.45, 2.75) is 38.7 Å². The van der Waals surface area contributed by atoms with Gasteiger partial charge in [0.05, 0.1) is 5.60 Å². The highest BCUT2D eigenvalue weighted by Crippen LogP contribution is 2.14. The molecule has 0 atom stereocenters. The summed E-state index contributed by atoms with van der Waals surface area (Å²) in [6.45, 7) is 8.24. The molecule has 3 heteroatoms. The molecule has 1 aliphatic rings. The minimum absolute atomic E-state index is 0.528. The van der Waals surface area contributed by atoms with Gasteiger partial charge in [-0.2, -0.15) is 0 Å². The van der Waals surface area contributed by atoms with E-state index in [-0.39, 0.29) is 0 Å². The van der Waals surface area contributed by atoms with Crippen LogP contribution in [0.3, 0.4) is 0 Å². The largest absolute Gasteiger partial charge is 0.390 e. The van der Waals surface area contributed by atoms with Gasteiger partial charge < -0.3 is 15.3 Å². The van der Waals surface area contributed by atoms with E-state index in [0.29, 0.717) is 0 Å². The van der Waals surface area contributed by atoms with E-state index in [9.17, 15) is 5.11 Å². The molecule has 0 radical (unpaired) electrons. The van der Waals surface area contributed by atoms with E-state index in [0.717, 1.165) is 25.4 Å². The van der Waals surface area contributed by atoms with Crippen molar-refractivity contribution < 1.29 is 5.11 Å². The number of hydrogen-bond donors (Lipinski definition) is 2. The van der Waals surface area contributed by atoms with Crippen molar-refractivity contribution in [2.24, 2.45) is 5.92 Å². The molecule has 1 saturated heterocycles. The summed E-state index contributed by atoms with van der Waals surface area (Å²) in [6.07, 6.45) is 3.46. The highest BCUT2D eigenvalue weighted by molar-refractivity contribution is 4.73. The normalized spacial score (nSPS) is 20.8. The fourth-order valence-corrected chi connectivity index (χ4v) is 1.97. The molecule has 1 aliphatic heterocycles. The van der Waals surface area contributed by atoms with Gasteiger partial charge in [-0.1, -0.05) is 0 Å². The first-order valence-electron chi connectivity index (χ1n) is 6.09. The van der Waals surface area contributed by atoms with Gasteiger partial charge in [0.1, 0.15) is 0 Å². The summed E-state index contributed by atoms with van der Waals surface area (Å²) in [5.41, 5.74) is -0.528. The van der Waals surface area contributed by atoms with Gasteiger partial charge in [-0.15, -0.1) is 0 Å². The number of likely N-dealkylation sites (tertiary alicyclic amines) is 1. The molecule has 0 spiro atoms. The van der Waals surface area contributed by atoms with Gasteiger partial charge in [-0.3, -0.25) is 0 Å². The van der Waals surface area contributed by atoms with Crippen LogP contribution in [0.2, 0.25) is 0 Å². The number of aliphatic hydroxyl groups is 1. The third-order valence-corrected chi connectivity index (χ3v) is 3.18. The Labute approximate surface area is 93.9 Å². The molecule has 0 unspecified atom stereocenters. The zero-order chi connectivity index (χ0) is 11.3. The molecule has 0 aromatic carbocycles. The summed E-state index contributed by atoms with van der Waals surface area (Å²) in [7, 11) is 2.19. The first-order chi connectivity index (χ1) is 6.97. The number of hydrogen-bond acceptors (Lipinski definition) is 3. The van der Waals surface area contributed by atoms with Crippen LogP contribution < -0.4 is 5.32 Å². The maximum atomic E-state index is 9.54. The molecular weight excluding hydrogens is 188 g/mol. The van der Waals surface area contributed by atoms with Crippen molar-refractivity contribution in [2.75, 3.05) is 33.2 Å². The SMILES string of the molecule is CN1CCC(CNCCC(C)(C)O)CC1. The summed E-state index contributed by atoms with van der Waals surface area (Å²) >= 11 is 0. The second-order valence-corrected chi connectivity index (χ2v) is 5.51. The first kappa shape index (κ1) is 12.9. The lowest BCUT2D eigenvalue weighted by Gasteiger charge is -2.29. The third-order valence-electron chi connectivity index (χ3n) is 3.18. The zero-order valence-corrected chi connectivity index (χ0v) is 10.4. The summed E-state index contributed by atoms with van der Waals surface area (Å²) < 4.78 is 0. The standard InChI is InChI=1S/C12H26N2O/c1-12(2,15)6-7-13-10-11-4-8-14(3)9-5-11/h11,13,15H,4-10H2,1-3H3. The van der Waals surface area contributed by atoms with Crippen molar-refractivity contribution in [1.29, 1.82) is 0 Å². The number of rotatable bonds is 5. The number of nitrogens with one attached hydrogen (secondary N) is 1. The highest BCUT2D eigenvalue weighted by Gasteiger charge is 2.16. The monoisotopic (exact) mass is 214 g/mol. The van der Waals surface area contributed by atoms with Crippen molar-refractivity contribution in [3.05, 3.63) is 0 Å². The maximum absolute atomic E-state index is 9.54. The Morgan fingerprint density at radius 3 is 2.47 bits per heavy atom. The molecule has 0 amide bonds. The van der Waals surface area contributed by atoms with Crippen LogP contribution in [0.4, 0.5) is 0 Å². The molecule has 3 nitrogen and oxygen atoms in total. The van der Waals surface area contributed by atoms with Gasteiger partial charge >= 0.3 is 0 Å². The Balaban J connectivity index is 2.01. The van der Waals surface area contributed by atoms with Crippen LogP contribution in [0.5, 0.6) is 0 Å². The lowest BCUT2D eigenvalue weighted by atomic mass is 9.97. The van der Waals surface area contributed by atoms with Crippen LogP contribution in [-0.4, -0.2) is 48.8 Å².